The summed E-state index contributed by atoms with van der Waals surface area (Å²) in [4.78, 5) is 10.9. The molecule has 8 heteroatoms. The van der Waals surface area contributed by atoms with Gasteiger partial charge in [0.1, 0.15) is 0 Å². The number of halogens is 2. The number of carboxylic acids is 1. The molecule has 0 aliphatic carbocycles. The molecule has 0 aromatic heterocycles. The Morgan fingerprint density at radius 2 is 1.81 bits per heavy atom. The maximum absolute atomic E-state index is 12.2. The van der Waals surface area contributed by atoms with Crippen molar-refractivity contribution in [3.63, 3.8) is 0 Å². The van der Waals surface area contributed by atoms with Crippen molar-refractivity contribution in [2.45, 2.75) is 4.90 Å². The second-order valence-corrected chi connectivity index (χ2v) is 6.59. The predicted molar refractivity (Wildman–Crippen MR) is 80.7 cm³/mol. The second-order valence-electron chi connectivity index (χ2n) is 4.06. The highest BCUT2D eigenvalue weighted by Crippen LogP contribution is 2.26. The molecule has 2 rings (SSSR count). The Kier molecular flexibility index (Phi) is 4.41. The van der Waals surface area contributed by atoms with Crippen molar-refractivity contribution in [2.75, 3.05) is 4.72 Å². The molecule has 0 amide bonds. The highest BCUT2D eigenvalue weighted by atomic mass is 35.5. The highest BCUT2D eigenvalue weighted by Gasteiger charge is 2.17. The first-order chi connectivity index (χ1) is 9.79. The van der Waals surface area contributed by atoms with Gasteiger partial charge in [-0.25, -0.2) is 13.2 Å². The molecular formula is C13H9Cl2NO4S. The number of carbonyl (C=O) groups is 1. The van der Waals surface area contributed by atoms with Gasteiger partial charge in [0.15, 0.2) is 0 Å². The van der Waals surface area contributed by atoms with Crippen LogP contribution in [0, 0.1) is 0 Å². The quantitative estimate of drug-likeness (QED) is 0.888. The first-order valence-corrected chi connectivity index (χ1v) is 7.85. The largest absolute Gasteiger partial charge is 0.478 e. The Morgan fingerprint density at radius 3 is 2.43 bits per heavy atom. The van der Waals surface area contributed by atoms with E-state index >= 15 is 0 Å². The SMILES string of the molecule is O=C(O)c1ccc(Cl)c(NS(=O)(=O)c2cccc(Cl)c2)c1. The lowest BCUT2D eigenvalue weighted by atomic mass is 10.2. The number of hydrogen-bond donors (Lipinski definition) is 2. The van der Waals surface area contributed by atoms with Gasteiger partial charge in [-0.15, -0.1) is 0 Å². The van der Waals surface area contributed by atoms with Crippen LogP contribution in [0.5, 0.6) is 0 Å². The second kappa shape index (κ2) is 5.93. The topological polar surface area (TPSA) is 83.5 Å². The molecule has 0 aliphatic heterocycles. The summed E-state index contributed by atoms with van der Waals surface area (Å²) in [5.41, 5.74) is -0.0975. The summed E-state index contributed by atoms with van der Waals surface area (Å²) in [5, 5.41) is 9.27. The average Bonchev–Trinajstić information content (AvgIpc) is 2.41. The van der Waals surface area contributed by atoms with Gasteiger partial charge in [-0.1, -0.05) is 29.3 Å². The zero-order valence-electron chi connectivity index (χ0n) is 10.4. The first kappa shape index (κ1) is 15.6. The van der Waals surface area contributed by atoms with Gasteiger partial charge in [-0.05, 0) is 36.4 Å². The minimum Gasteiger partial charge on any atom is -0.478 e. The summed E-state index contributed by atoms with van der Waals surface area (Å²) < 4.78 is 26.7. The van der Waals surface area contributed by atoms with Crippen molar-refractivity contribution in [3.05, 3.63) is 58.1 Å². The number of nitrogens with one attached hydrogen (secondary N) is 1. The Balaban J connectivity index is 2.41. The molecule has 2 aromatic rings. The van der Waals surface area contributed by atoms with Crippen molar-refractivity contribution in [1.29, 1.82) is 0 Å². The van der Waals surface area contributed by atoms with Crippen LogP contribution in [0.4, 0.5) is 5.69 Å². The third-order valence-corrected chi connectivity index (χ3v) is 4.49. The standard InChI is InChI=1S/C13H9Cl2NO4S/c14-9-2-1-3-10(7-9)21(19,20)16-12-6-8(13(17)18)4-5-11(12)15/h1-7,16H,(H,17,18). The van der Waals surface area contributed by atoms with Crippen molar-refractivity contribution in [3.8, 4) is 0 Å². The molecule has 0 saturated carbocycles. The Bertz CT molecular complexity index is 806. The summed E-state index contributed by atoms with van der Waals surface area (Å²) in [6.07, 6.45) is 0. The van der Waals surface area contributed by atoms with Crippen LogP contribution in [0.15, 0.2) is 47.4 Å². The van der Waals surface area contributed by atoms with E-state index in [1.807, 2.05) is 0 Å². The zero-order valence-corrected chi connectivity index (χ0v) is 12.7. The number of sulfonamides is 1. The minimum atomic E-state index is -3.91. The van der Waals surface area contributed by atoms with E-state index in [1.54, 1.807) is 6.07 Å². The van der Waals surface area contributed by atoms with E-state index in [0.717, 1.165) is 6.07 Å². The molecule has 0 saturated heterocycles. The van der Waals surface area contributed by atoms with Crippen LogP contribution >= 0.6 is 23.2 Å². The lowest BCUT2D eigenvalue weighted by Crippen LogP contribution is -2.13. The molecule has 0 fully saturated rings. The van der Waals surface area contributed by atoms with Crippen LogP contribution in [0.1, 0.15) is 10.4 Å². The molecule has 0 heterocycles. The maximum atomic E-state index is 12.2. The van der Waals surface area contributed by atoms with E-state index in [4.69, 9.17) is 28.3 Å². The van der Waals surface area contributed by atoms with Crippen molar-refractivity contribution >= 4 is 44.9 Å². The van der Waals surface area contributed by atoms with Crippen LogP contribution in [-0.2, 0) is 10.0 Å². The predicted octanol–water partition coefficient (Wildman–Crippen LogP) is 3.49. The number of benzene rings is 2. The van der Waals surface area contributed by atoms with E-state index in [0.29, 0.717) is 0 Å². The molecule has 0 spiro atoms. The molecule has 5 nitrogen and oxygen atoms in total. The van der Waals surface area contributed by atoms with Crippen LogP contribution < -0.4 is 4.72 Å². The van der Waals surface area contributed by atoms with Gasteiger partial charge in [-0.2, -0.15) is 0 Å². The lowest BCUT2D eigenvalue weighted by molar-refractivity contribution is 0.0697. The van der Waals surface area contributed by atoms with Gasteiger partial charge in [0, 0.05) is 5.02 Å². The van der Waals surface area contributed by atoms with Crippen molar-refractivity contribution in [2.24, 2.45) is 0 Å². The fraction of sp³-hybridized carbons (Fsp3) is 0. The third-order valence-electron chi connectivity index (χ3n) is 2.56. The minimum absolute atomic E-state index is 0.0171. The number of rotatable bonds is 4. The van der Waals surface area contributed by atoms with Crippen LogP contribution in [0.2, 0.25) is 10.0 Å². The Labute approximate surface area is 131 Å². The number of hydrogen-bond acceptors (Lipinski definition) is 3. The molecule has 0 radical (unpaired) electrons. The van der Waals surface area contributed by atoms with Gasteiger partial charge < -0.3 is 5.11 Å². The van der Waals surface area contributed by atoms with Gasteiger partial charge in [0.2, 0.25) is 0 Å². The van der Waals surface area contributed by atoms with Crippen molar-refractivity contribution < 1.29 is 18.3 Å². The molecule has 21 heavy (non-hydrogen) atoms. The average molecular weight is 346 g/mol. The summed E-state index contributed by atoms with van der Waals surface area (Å²) in [7, 11) is -3.91. The first-order valence-electron chi connectivity index (χ1n) is 5.61. The molecule has 2 aromatic carbocycles. The van der Waals surface area contributed by atoms with E-state index in [2.05, 4.69) is 4.72 Å². The van der Waals surface area contributed by atoms with Crippen LogP contribution in [0.25, 0.3) is 0 Å². The third kappa shape index (κ3) is 3.66. The van der Waals surface area contributed by atoms with Crippen LogP contribution in [0.3, 0.4) is 0 Å². The number of aromatic carboxylic acids is 1. The Hall–Kier alpha value is -1.76. The molecule has 110 valence electrons. The Morgan fingerprint density at radius 1 is 1.10 bits per heavy atom. The molecular weight excluding hydrogens is 337 g/mol. The summed E-state index contributed by atoms with van der Waals surface area (Å²) in [6, 6.07) is 9.40. The molecule has 0 atom stereocenters. The summed E-state index contributed by atoms with van der Waals surface area (Å²) in [5.74, 6) is -1.19. The lowest BCUT2D eigenvalue weighted by Gasteiger charge is -2.10. The molecule has 0 bridgehead atoms. The molecule has 2 N–H and O–H groups in total. The smallest absolute Gasteiger partial charge is 0.335 e. The van der Waals surface area contributed by atoms with E-state index in [-0.39, 0.29) is 26.2 Å². The van der Waals surface area contributed by atoms with Gasteiger partial charge in [-0.3, -0.25) is 4.72 Å². The highest BCUT2D eigenvalue weighted by molar-refractivity contribution is 7.92. The monoisotopic (exact) mass is 345 g/mol. The maximum Gasteiger partial charge on any atom is 0.335 e. The van der Waals surface area contributed by atoms with Gasteiger partial charge in [0.25, 0.3) is 10.0 Å². The van der Waals surface area contributed by atoms with E-state index < -0.39 is 16.0 Å². The van der Waals surface area contributed by atoms with Crippen LogP contribution in [-0.4, -0.2) is 19.5 Å². The summed E-state index contributed by atoms with van der Waals surface area (Å²) >= 11 is 11.6. The van der Waals surface area contributed by atoms with E-state index in [1.165, 1.54) is 30.3 Å². The van der Waals surface area contributed by atoms with Gasteiger partial charge in [0.05, 0.1) is 21.2 Å². The zero-order chi connectivity index (χ0) is 15.6. The fourth-order valence-corrected chi connectivity index (χ4v) is 3.17. The normalized spacial score (nSPS) is 11.1. The fourth-order valence-electron chi connectivity index (χ4n) is 1.57. The molecule has 0 unspecified atom stereocenters. The number of carboxylic acid groups (broad SMARTS) is 1. The van der Waals surface area contributed by atoms with Gasteiger partial charge >= 0.3 is 5.97 Å². The number of anilines is 1. The molecule has 0 aliphatic rings. The van der Waals surface area contributed by atoms with E-state index in [9.17, 15) is 13.2 Å². The van der Waals surface area contributed by atoms with Crippen molar-refractivity contribution in [1.82, 2.24) is 0 Å². The summed E-state index contributed by atoms with van der Waals surface area (Å²) in [6.45, 7) is 0.